The van der Waals surface area contributed by atoms with E-state index >= 15 is 0 Å². The largest absolute Gasteiger partial charge is 0.338 e. The third-order valence-corrected chi connectivity index (χ3v) is 6.56. The van der Waals surface area contributed by atoms with E-state index in [9.17, 15) is 9.59 Å². The Kier molecular flexibility index (Phi) is 6.40. The lowest BCUT2D eigenvalue weighted by atomic mass is 9.97. The molecule has 1 atom stereocenters. The van der Waals surface area contributed by atoms with E-state index in [0.29, 0.717) is 31.2 Å². The number of carbonyl (C=O) groups is 2. The van der Waals surface area contributed by atoms with Crippen LogP contribution in [0.2, 0.25) is 0 Å². The number of piperidine rings is 1. The topological polar surface area (TPSA) is 91.6 Å². The van der Waals surface area contributed by atoms with Gasteiger partial charge in [0.15, 0.2) is 0 Å². The molecule has 3 aromatic rings. The van der Waals surface area contributed by atoms with Gasteiger partial charge in [0, 0.05) is 36.4 Å². The van der Waals surface area contributed by atoms with Crippen LogP contribution in [-0.4, -0.2) is 46.5 Å². The van der Waals surface area contributed by atoms with E-state index in [1.807, 2.05) is 60.4 Å². The van der Waals surface area contributed by atoms with Gasteiger partial charge in [0.1, 0.15) is 0 Å². The number of nitrogens with zero attached hydrogens (tertiary/aromatic N) is 4. The Morgan fingerprint density at radius 2 is 2.00 bits per heavy atom. The zero-order valence-electron chi connectivity index (χ0n) is 19.4. The summed E-state index contributed by atoms with van der Waals surface area (Å²) < 4.78 is 5.46. The second kappa shape index (κ2) is 9.77. The van der Waals surface area contributed by atoms with E-state index in [-0.39, 0.29) is 17.7 Å². The number of amides is 2. The van der Waals surface area contributed by atoms with Gasteiger partial charge in [-0.1, -0.05) is 35.5 Å². The Morgan fingerprint density at radius 3 is 2.76 bits per heavy atom. The molecule has 0 aliphatic carbocycles. The summed E-state index contributed by atoms with van der Waals surface area (Å²) in [7, 11) is 0. The van der Waals surface area contributed by atoms with Crippen molar-refractivity contribution >= 4 is 23.2 Å². The molecule has 1 unspecified atom stereocenters. The summed E-state index contributed by atoms with van der Waals surface area (Å²) in [5, 5.41) is 7.16. The second-order valence-corrected chi connectivity index (χ2v) is 9.09. The van der Waals surface area contributed by atoms with Crippen LogP contribution < -0.4 is 10.2 Å². The summed E-state index contributed by atoms with van der Waals surface area (Å²) in [5.41, 5.74) is 3.60. The molecule has 176 valence electrons. The van der Waals surface area contributed by atoms with E-state index in [2.05, 4.69) is 20.4 Å². The monoisotopic (exact) mass is 459 g/mol. The lowest BCUT2D eigenvalue weighted by Crippen LogP contribution is -2.40. The highest BCUT2D eigenvalue weighted by molar-refractivity contribution is 5.97. The maximum absolute atomic E-state index is 13.0. The van der Waals surface area contributed by atoms with Gasteiger partial charge in [-0.05, 0) is 56.5 Å². The summed E-state index contributed by atoms with van der Waals surface area (Å²) in [6, 6.07) is 15.5. The maximum atomic E-state index is 13.0. The smallest absolute Gasteiger partial charge is 0.241 e. The molecule has 2 aromatic carbocycles. The van der Waals surface area contributed by atoms with Crippen molar-refractivity contribution < 1.29 is 14.1 Å². The van der Waals surface area contributed by atoms with Gasteiger partial charge in [-0.2, -0.15) is 4.98 Å². The molecule has 2 aliphatic heterocycles. The molecule has 5 rings (SSSR count). The second-order valence-electron chi connectivity index (χ2n) is 9.09. The van der Waals surface area contributed by atoms with E-state index in [4.69, 9.17) is 4.52 Å². The third kappa shape index (κ3) is 4.87. The highest BCUT2D eigenvalue weighted by atomic mass is 16.5. The summed E-state index contributed by atoms with van der Waals surface area (Å²) in [4.78, 5) is 33.6. The molecule has 0 saturated carbocycles. The fourth-order valence-corrected chi connectivity index (χ4v) is 4.81. The van der Waals surface area contributed by atoms with Crippen molar-refractivity contribution in [3.05, 3.63) is 60.0 Å². The quantitative estimate of drug-likeness (QED) is 0.599. The Morgan fingerprint density at radius 1 is 1.15 bits per heavy atom. The van der Waals surface area contributed by atoms with Crippen molar-refractivity contribution in [2.45, 2.75) is 39.2 Å². The van der Waals surface area contributed by atoms with Crippen LogP contribution in [0.4, 0.5) is 11.4 Å². The molecule has 1 aromatic heterocycles. The lowest BCUT2D eigenvalue weighted by molar-refractivity contribution is -0.121. The van der Waals surface area contributed by atoms with Gasteiger partial charge in [-0.25, -0.2) is 0 Å². The number of anilines is 2. The van der Waals surface area contributed by atoms with Gasteiger partial charge < -0.3 is 14.7 Å². The number of likely N-dealkylation sites (tertiary alicyclic amines) is 1. The molecular formula is C26H29N5O3. The van der Waals surface area contributed by atoms with Crippen LogP contribution >= 0.6 is 0 Å². The van der Waals surface area contributed by atoms with Crippen LogP contribution in [-0.2, 0) is 16.1 Å². The first kappa shape index (κ1) is 22.3. The van der Waals surface area contributed by atoms with Crippen LogP contribution in [0.5, 0.6) is 0 Å². The van der Waals surface area contributed by atoms with Gasteiger partial charge in [0.05, 0.1) is 12.5 Å². The first-order valence-electron chi connectivity index (χ1n) is 11.9. The standard InChI is InChI=1S/C26H29N5O3/c1-18-15-21(11-12-22(18)31-14-6-10-24(31)32)27-26(33)20-9-5-13-30(16-20)17-23-28-25(29-34-23)19-7-3-2-4-8-19/h2-4,7-8,11-12,15,20H,5-6,9-10,13-14,16-17H2,1H3,(H,27,33). The highest BCUT2D eigenvalue weighted by Crippen LogP contribution is 2.28. The highest BCUT2D eigenvalue weighted by Gasteiger charge is 2.28. The minimum absolute atomic E-state index is 0.0182. The minimum atomic E-state index is -0.106. The lowest BCUT2D eigenvalue weighted by Gasteiger charge is -2.31. The minimum Gasteiger partial charge on any atom is -0.338 e. The Hall–Kier alpha value is -3.52. The predicted octanol–water partition coefficient (Wildman–Crippen LogP) is 4.02. The van der Waals surface area contributed by atoms with Crippen molar-refractivity contribution in [1.82, 2.24) is 15.0 Å². The van der Waals surface area contributed by atoms with Gasteiger partial charge in [0.25, 0.3) is 0 Å². The van der Waals surface area contributed by atoms with E-state index < -0.39 is 0 Å². The molecule has 1 N–H and O–H groups in total. The van der Waals surface area contributed by atoms with Gasteiger partial charge in [-0.15, -0.1) is 0 Å². The van der Waals surface area contributed by atoms with Crippen LogP contribution in [0.3, 0.4) is 0 Å². The zero-order valence-corrected chi connectivity index (χ0v) is 19.4. The van der Waals surface area contributed by atoms with Crippen molar-refractivity contribution in [3.63, 3.8) is 0 Å². The fourth-order valence-electron chi connectivity index (χ4n) is 4.81. The van der Waals surface area contributed by atoms with Gasteiger partial charge in [-0.3, -0.25) is 14.5 Å². The molecule has 0 spiro atoms. The van der Waals surface area contributed by atoms with Crippen molar-refractivity contribution in [2.24, 2.45) is 5.92 Å². The number of aromatic nitrogens is 2. The molecule has 8 nitrogen and oxygen atoms in total. The third-order valence-electron chi connectivity index (χ3n) is 6.56. The number of hydrogen-bond acceptors (Lipinski definition) is 6. The van der Waals surface area contributed by atoms with Crippen molar-refractivity contribution in [2.75, 3.05) is 29.9 Å². The van der Waals surface area contributed by atoms with Gasteiger partial charge >= 0.3 is 0 Å². The number of hydrogen-bond donors (Lipinski definition) is 1. The summed E-state index contributed by atoms with van der Waals surface area (Å²) in [6.45, 7) is 4.81. The average molecular weight is 460 g/mol. The molecule has 2 amide bonds. The van der Waals surface area contributed by atoms with Crippen LogP contribution in [0.1, 0.15) is 37.1 Å². The zero-order chi connectivity index (χ0) is 23.5. The molecule has 0 radical (unpaired) electrons. The number of carbonyl (C=O) groups excluding carboxylic acids is 2. The molecule has 2 aliphatic rings. The van der Waals surface area contributed by atoms with Crippen molar-refractivity contribution in [1.29, 1.82) is 0 Å². The molecule has 8 heteroatoms. The van der Waals surface area contributed by atoms with Crippen LogP contribution in [0.25, 0.3) is 11.4 Å². The maximum Gasteiger partial charge on any atom is 0.241 e. The van der Waals surface area contributed by atoms with E-state index in [1.54, 1.807) is 0 Å². The van der Waals surface area contributed by atoms with E-state index in [1.165, 1.54) is 0 Å². The molecule has 2 saturated heterocycles. The molecule has 0 bridgehead atoms. The summed E-state index contributed by atoms with van der Waals surface area (Å²) in [5.74, 6) is 1.22. The van der Waals surface area contributed by atoms with Crippen LogP contribution in [0, 0.1) is 12.8 Å². The average Bonchev–Trinajstić information content (AvgIpc) is 3.49. The molecule has 3 heterocycles. The van der Waals surface area contributed by atoms with Crippen molar-refractivity contribution in [3.8, 4) is 11.4 Å². The number of benzene rings is 2. The Balaban J connectivity index is 1.19. The van der Waals surface area contributed by atoms with E-state index in [0.717, 1.165) is 54.9 Å². The van der Waals surface area contributed by atoms with Crippen LogP contribution in [0.15, 0.2) is 53.1 Å². The predicted molar refractivity (Wildman–Crippen MR) is 129 cm³/mol. The molecular weight excluding hydrogens is 430 g/mol. The Bertz CT molecular complexity index is 1180. The summed E-state index contributed by atoms with van der Waals surface area (Å²) in [6.07, 6.45) is 3.28. The first-order chi connectivity index (χ1) is 16.6. The number of nitrogens with one attached hydrogen (secondary N) is 1. The SMILES string of the molecule is Cc1cc(NC(=O)C2CCCN(Cc3nc(-c4ccccc4)no3)C2)ccc1N1CCCC1=O. The number of rotatable bonds is 6. The first-order valence-corrected chi connectivity index (χ1v) is 11.9. The molecule has 2 fully saturated rings. The number of aryl methyl sites for hydroxylation is 1. The normalized spacial score (nSPS) is 18.9. The van der Waals surface area contributed by atoms with Gasteiger partial charge in [0.2, 0.25) is 23.5 Å². The Labute approximate surface area is 198 Å². The molecule has 34 heavy (non-hydrogen) atoms. The summed E-state index contributed by atoms with van der Waals surface area (Å²) >= 11 is 0. The fraction of sp³-hybridized carbons (Fsp3) is 0.385.